The van der Waals surface area contributed by atoms with Gasteiger partial charge in [0.15, 0.2) is 0 Å². The summed E-state index contributed by atoms with van der Waals surface area (Å²) in [6.45, 7) is 9.10. The number of hydrogen-bond donors (Lipinski definition) is 0. The second kappa shape index (κ2) is 6.69. The molecule has 0 saturated heterocycles. The van der Waals surface area contributed by atoms with Crippen LogP contribution in [0, 0.1) is 0 Å². The van der Waals surface area contributed by atoms with E-state index in [0.29, 0.717) is 23.7 Å². The maximum absolute atomic E-state index is 13.1. The van der Waals surface area contributed by atoms with Crippen LogP contribution in [0.15, 0.2) is 49.0 Å². The minimum atomic E-state index is -0.142. The number of aryl methyl sites for hydroxylation is 1. The van der Waals surface area contributed by atoms with Gasteiger partial charge in [-0.15, -0.1) is 0 Å². The zero-order valence-electron chi connectivity index (χ0n) is 15.9. The molecule has 2 aliphatic rings. The van der Waals surface area contributed by atoms with Crippen LogP contribution in [-0.2, 0) is 11.2 Å². The lowest BCUT2D eigenvalue weighted by atomic mass is 9.95. The van der Waals surface area contributed by atoms with Gasteiger partial charge in [-0.25, -0.2) is 0 Å². The molecule has 0 atom stereocenters. The number of rotatable bonds is 3. The van der Waals surface area contributed by atoms with Gasteiger partial charge in [0, 0.05) is 29.1 Å². The number of anilines is 1. The van der Waals surface area contributed by atoms with Gasteiger partial charge in [-0.05, 0) is 42.0 Å². The molecule has 2 aromatic carbocycles. The quantitative estimate of drug-likeness (QED) is 0.822. The molecule has 4 heteroatoms. The van der Waals surface area contributed by atoms with Crippen molar-refractivity contribution in [2.24, 2.45) is 0 Å². The van der Waals surface area contributed by atoms with Crippen molar-refractivity contribution in [3.8, 4) is 0 Å². The molecule has 0 unspecified atom stereocenters. The van der Waals surface area contributed by atoms with E-state index >= 15 is 0 Å². The highest BCUT2D eigenvalue weighted by Crippen LogP contribution is 2.33. The first-order valence-corrected chi connectivity index (χ1v) is 9.50. The number of benzene rings is 2. The second-order valence-electron chi connectivity index (χ2n) is 7.58. The molecule has 0 radical (unpaired) electrons. The van der Waals surface area contributed by atoms with Gasteiger partial charge in [0.25, 0.3) is 5.91 Å². The SMILES string of the molecule is C=C1c2ccccc2C(=O)N1CC(=O)N1CCCc2cc(C(C)C)ccc21. The van der Waals surface area contributed by atoms with E-state index in [0.717, 1.165) is 24.1 Å². The van der Waals surface area contributed by atoms with Gasteiger partial charge >= 0.3 is 0 Å². The van der Waals surface area contributed by atoms with E-state index in [1.165, 1.54) is 16.0 Å². The maximum atomic E-state index is 13.1. The Bertz CT molecular complexity index is 910. The summed E-state index contributed by atoms with van der Waals surface area (Å²) in [5, 5.41) is 0. The molecule has 2 heterocycles. The van der Waals surface area contributed by atoms with Gasteiger partial charge in [-0.2, -0.15) is 0 Å². The Kier molecular flexibility index (Phi) is 4.34. The summed E-state index contributed by atoms with van der Waals surface area (Å²) in [5.74, 6) is 0.261. The lowest BCUT2D eigenvalue weighted by Gasteiger charge is -2.31. The molecule has 27 heavy (non-hydrogen) atoms. The molecule has 4 nitrogen and oxygen atoms in total. The number of nitrogens with zero attached hydrogens (tertiary/aromatic N) is 2. The van der Waals surface area contributed by atoms with Gasteiger partial charge in [0.05, 0.1) is 0 Å². The molecule has 4 rings (SSSR count). The third-order valence-electron chi connectivity index (χ3n) is 5.52. The lowest BCUT2D eigenvalue weighted by molar-refractivity contribution is -0.118. The van der Waals surface area contributed by atoms with Gasteiger partial charge in [-0.1, -0.05) is 50.8 Å². The Morgan fingerprint density at radius 2 is 1.89 bits per heavy atom. The molecule has 0 bridgehead atoms. The van der Waals surface area contributed by atoms with E-state index < -0.39 is 0 Å². The van der Waals surface area contributed by atoms with E-state index in [2.05, 4.69) is 38.6 Å². The number of fused-ring (bicyclic) bond motifs is 2. The molecule has 0 aromatic heterocycles. The van der Waals surface area contributed by atoms with Crippen LogP contribution in [0.4, 0.5) is 5.69 Å². The van der Waals surface area contributed by atoms with E-state index in [9.17, 15) is 9.59 Å². The van der Waals surface area contributed by atoms with Crippen molar-refractivity contribution in [1.29, 1.82) is 0 Å². The molecule has 2 aromatic rings. The van der Waals surface area contributed by atoms with Crippen LogP contribution in [0.25, 0.3) is 5.70 Å². The Morgan fingerprint density at radius 3 is 2.59 bits per heavy atom. The molecule has 0 aliphatic carbocycles. The van der Waals surface area contributed by atoms with Crippen molar-refractivity contribution in [3.63, 3.8) is 0 Å². The number of carbonyl (C=O) groups is 2. The van der Waals surface area contributed by atoms with Crippen molar-refractivity contribution in [1.82, 2.24) is 4.90 Å². The predicted octanol–water partition coefficient (Wildman–Crippen LogP) is 4.22. The Hall–Kier alpha value is -2.88. The fraction of sp³-hybridized carbons (Fsp3) is 0.304. The Labute approximate surface area is 160 Å². The number of carbonyl (C=O) groups excluding carboxylic acids is 2. The molecule has 0 spiro atoms. The van der Waals surface area contributed by atoms with Crippen LogP contribution < -0.4 is 4.90 Å². The highest BCUT2D eigenvalue weighted by atomic mass is 16.2. The summed E-state index contributed by atoms with van der Waals surface area (Å²) >= 11 is 0. The second-order valence-corrected chi connectivity index (χ2v) is 7.58. The van der Waals surface area contributed by atoms with Gasteiger partial charge in [-0.3, -0.25) is 14.5 Å². The van der Waals surface area contributed by atoms with Crippen molar-refractivity contribution < 1.29 is 9.59 Å². The van der Waals surface area contributed by atoms with Crippen molar-refractivity contribution in [3.05, 3.63) is 71.3 Å². The predicted molar refractivity (Wildman–Crippen MR) is 108 cm³/mol. The molecule has 0 N–H and O–H groups in total. The van der Waals surface area contributed by atoms with Gasteiger partial charge in [0.2, 0.25) is 5.91 Å². The van der Waals surface area contributed by atoms with Crippen molar-refractivity contribution in [2.45, 2.75) is 32.6 Å². The summed E-state index contributed by atoms with van der Waals surface area (Å²) in [4.78, 5) is 29.1. The molecular formula is C23H24N2O2. The summed E-state index contributed by atoms with van der Waals surface area (Å²) in [6, 6.07) is 13.8. The van der Waals surface area contributed by atoms with Crippen LogP contribution >= 0.6 is 0 Å². The summed E-state index contributed by atoms with van der Waals surface area (Å²) in [7, 11) is 0. The third-order valence-corrected chi connectivity index (χ3v) is 5.52. The summed E-state index contributed by atoms with van der Waals surface area (Å²) in [6.07, 6.45) is 1.93. The highest BCUT2D eigenvalue weighted by molar-refractivity contribution is 6.11. The number of hydrogen-bond acceptors (Lipinski definition) is 2. The van der Waals surface area contributed by atoms with Crippen molar-refractivity contribution in [2.75, 3.05) is 18.0 Å². The smallest absolute Gasteiger partial charge is 0.259 e. The first-order valence-electron chi connectivity index (χ1n) is 9.50. The highest BCUT2D eigenvalue weighted by Gasteiger charge is 2.34. The fourth-order valence-electron chi connectivity index (χ4n) is 3.96. The molecule has 2 aliphatic heterocycles. The van der Waals surface area contributed by atoms with E-state index in [4.69, 9.17) is 0 Å². The van der Waals surface area contributed by atoms with Crippen molar-refractivity contribution >= 4 is 23.2 Å². The zero-order chi connectivity index (χ0) is 19.1. The zero-order valence-corrected chi connectivity index (χ0v) is 15.9. The Morgan fingerprint density at radius 1 is 1.15 bits per heavy atom. The monoisotopic (exact) mass is 360 g/mol. The van der Waals surface area contributed by atoms with Crippen LogP contribution in [-0.4, -0.2) is 29.8 Å². The average Bonchev–Trinajstić information content (AvgIpc) is 2.92. The first-order chi connectivity index (χ1) is 13.0. The third kappa shape index (κ3) is 2.95. The molecule has 138 valence electrons. The van der Waals surface area contributed by atoms with Crippen LogP contribution in [0.2, 0.25) is 0 Å². The normalized spacial score (nSPS) is 16.0. The molecule has 2 amide bonds. The maximum Gasteiger partial charge on any atom is 0.259 e. The molecular weight excluding hydrogens is 336 g/mol. The minimum Gasteiger partial charge on any atom is -0.311 e. The Balaban J connectivity index is 1.57. The summed E-state index contributed by atoms with van der Waals surface area (Å²) in [5.41, 5.74) is 5.53. The minimum absolute atomic E-state index is 0.0255. The molecule has 0 fully saturated rings. The van der Waals surface area contributed by atoms with Gasteiger partial charge < -0.3 is 4.90 Å². The average molecular weight is 360 g/mol. The largest absolute Gasteiger partial charge is 0.311 e. The van der Waals surface area contributed by atoms with E-state index in [1.807, 2.05) is 23.1 Å². The van der Waals surface area contributed by atoms with E-state index in [-0.39, 0.29) is 18.4 Å². The first kappa shape index (κ1) is 17.5. The van der Waals surface area contributed by atoms with Crippen LogP contribution in [0.1, 0.15) is 53.2 Å². The van der Waals surface area contributed by atoms with Gasteiger partial charge in [0.1, 0.15) is 6.54 Å². The number of amides is 2. The van der Waals surface area contributed by atoms with Crippen LogP contribution in [0.3, 0.4) is 0 Å². The van der Waals surface area contributed by atoms with E-state index in [1.54, 1.807) is 6.07 Å². The lowest BCUT2D eigenvalue weighted by Crippen LogP contribution is -2.42. The topological polar surface area (TPSA) is 40.6 Å². The standard InChI is InChI=1S/C23H24N2O2/c1-15(2)17-10-11-21-18(13-17)7-6-12-24(21)22(26)14-25-16(3)19-8-4-5-9-20(19)23(25)27/h4-5,8-11,13,15H,3,6-7,12,14H2,1-2H3. The fourth-order valence-corrected chi connectivity index (χ4v) is 3.96. The summed E-state index contributed by atoms with van der Waals surface area (Å²) < 4.78 is 0. The van der Waals surface area contributed by atoms with Crippen LogP contribution in [0.5, 0.6) is 0 Å². The molecule has 0 saturated carbocycles.